The van der Waals surface area contributed by atoms with Gasteiger partial charge in [0.2, 0.25) is 0 Å². The molecule has 64 valence electrons. The second kappa shape index (κ2) is 1.67. The minimum Gasteiger partial charge on any atom is -0.385 e. The van der Waals surface area contributed by atoms with Crippen molar-refractivity contribution in [2.75, 3.05) is 0 Å². The van der Waals surface area contributed by atoms with Crippen molar-refractivity contribution in [3.8, 4) is 0 Å². The Morgan fingerprint density at radius 3 is 3.00 bits per heavy atom. The number of carbonyl (C=O) groups excluding carboxylic acids is 1. The Balaban J connectivity index is 2.10. The third kappa shape index (κ3) is 0.446. The first-order chi connectivity index (χ1) is 5.65. The molecular formula is C10H12O2. The molecule has 2 bridgehead atoms. The van der Waals surface area contributed by atoms with Crippen molar-refractivity contribution in [2.45, 2.75) is 19.4 Å². The molecule has 12 heavy (non-hydrogen) atoms. The van der Waals surface area contributed by atoms with Crippen LogP contribution in [0.25, 0.3) is 0 Å². The number of ketones is 1. The van der Waals surface area contributed by atoms with Crippen molar-refractivity contribution >= 4 is 5.78 Å². The van der Waals surface area contributed by atoms with Gasteiger partial charge in [0.25, 0.3) is 0 Å². The highest BCUT2D eigenvalue weighted by Crippen LogP contribution is 2.64. The van der Waals surface area contributed by atoms with Gasteiger partial charge in [-0.1, -0.05) is 19.1 Å². The van der Waals surface area contributed by atoms with Gasteiger partial charge in [0.1, 0.15) is 6.10 Å². The highest BCUT2D eigenvalue weighted by molar-refractivity contribution is 5.97. The quantitative estimate of drug-likeness (QED) is 0.537. The summed E-state index contributed by atoms with van der Waals surface area (Å²) in [6.07, 6.45) is 4.76. The van der Waals surface area contributed by atoms with Crippen molar-refractivity contribution in [1.29, 1.82) is 0 Å². The van der Waals surface area contributed by atoms with Crippen LogP contribution in [-0.2, 0) is 4.79 Å². The molecule has 0 spiro atoms. The summed E-state index contributed by atoms with van der Waals surface area (Å²) in [7, 11) is 0. The van der Waals surface area contributed by atoms with Crippen molar-refractivity contribution in [3.05, 3.63) is 12.2 Å². The molecule has 0 aromatic carbocycles. The summed E-state index contributed by atoms with van der Waals surface area (Å²) >= 11 is 0. The Kier molecular flexibility index (Phi) is 0.950. The molecule has 0 unspecified atom stereocenters. The molecule has 3 rings (SSSR count). The van der Waals surface area contributed by atoms with E-state index in [-0.39, 0.29) is 17.1 Å². The van der Waals surface area contributed by atoms with Crippen LogP contribution in [0.2, 0.25) is 0 Å². The molecule has 5 atom stereocenters. The van der Waals surface area contributed by atoms with Gasteiger partial charge in [-0.05, 0) is 18.3 Å². The number of aliphatic hydroxyl groups excluding tert-OH is 1. The first-order valence-corrected chi connectivity index (χ1v) is 4.56. The Bertz CT molecular complexity index is 294. The van der Waals surface area contributed by atoms with Crippen molar-refractivity contribution < 1.29 is 9.90 Å². The fourth-order valence-corrected chi connectivity index (χ4v) is 3.42. The zero-order valence-corrected chi connectivity index (χ0v) is 7.03. The molecular weight excluding hydrogens is 152 g/mol. The zero-order chi connectivity index (χ0) is 8.51. The maximum absolute atomic E-state index is 11.5. The highest BCUT2D eigenvalue weighted by atomic mass is 16.3. The Labute approximate surface area is 71.3 Å². The normalized spacial score (nSPS) is 60.3. The molecule has 0 saturated heterocycles. The minimum absolute atomic E-state index is 0.0735. The molecule has 2 saturated carbocycles. The summed E-state index contributed by atoms with van der Waals surface area (Å²) in [5.74, 6) is 1.21. The second-order valence-electron chi connectivity index (χ2n) is 4.51. The molecule has 3 aliphatic carbocycles. The Hall–Kier alpha value is -0.630. The van der Waals surface area contributed by atoms with Gasteiger partial charge in [0, 0.05) is 11.3 Å². The van der Waals surface area contributed by atoms with Crippen LogP contribution in [0, 0.1) is 23.2 Å². The second-order valence-corrected chi connectivity index (χ2v) is 4.51. The molecule has 2 heteroatoms. The summed E-state index contributed by atoms with van der Waals surface area (Å²) in [5.41, 5.74) is -0.196. The topological polar surface area (TPSA) is 37.3 Å². The maximum Gasteiger partial charge on any atom is 0.168 e. The van der Waals surface area contributed by atoms with Crippen LogP contribution in [0.5, 0.6) is 0 Å². The summed E-state index contributed by atoms with van der Waals surface area (Å²) in [4.78, 5) is 11.5. The summed E-state index contributed by atoms with van der Waals surface area (Å²) in [6.45, 7) is 2.01. The standard InChI is InChI=1S/C10H12O2/c1-10-6-3-2-5(4-6)7(10)8(11)9(10)12/h2-3,5-8,11H,4H2,1H3/t5-,6+,7+,8+,10+/m0/s1. The smallest absolute Gasteiger partial charge is 0.168 e. The number of hydrogen-bond acceptors (Lipinski definition) is 2. The van der Waals surface area contributed by atoms with Gasteiger partial charge in [-0.15, -0.1) is 0 Å². The van der Waals surface area contributed by atoms with Crippen molar-refractivity contribution in [2.24, 2.45) is 23.2 Å². The average Bonchev–Trinajstić information content (AvgIpc) is 2.60. The minimum atomic E-state index is -0.657. The van der Waals surface area contributed by atoms with Gasteiger partial charge < -0.3 is 5.11 Å². The third-order valence-electron chi connectivity index (χ3n) is 4.18. The van der Waals surface area contributed by atoms with Gasteiger partial charge >= 0.3 is 0 Å². The molecule has 0 aliphatic heterocycles. The molecule has 2 fully saturated rings. The van der Waals surface area contributed by atoms with E-state index in [1.54, 1.807) is 0 Å². The van der Waals surface area contributed by atoms with Crippen LogP contribution in [0.15, 0.2) is 12.2 Å². The molecule has 0 aromatic rings. The zero-order valence-electron chi connectivity index (χ0n) is 7.03. The van der Waals surface area contributed by atoms with Crippen LogP contribution >= 0.6 is 0 Å². The molecule has 0 amide bonds. The first kappa shape index (κ1) is 6.84. The van der Waals surface area contributed by atoms with Gasteiger partial charge in [-0.2, -0.15) is 0 Å². The van der Waals surface area contributed by atoms with Gasteiger partial charge in [-0.25, -0.2) is 0 Å². The van der Waals surface area contributed by atoms with Crippen LogP contribution in [0.1, 0.15) is 13.3 Å². The predicted octanol–water partition coefficient (Wildman–Crippen LogP) is 0.758. The molecule has 3 aliphatic rings. The van der Waals surface area contributed by atoms with E-state index < -0.39 is 6.10 Å². The largest absolute Gasteiger partial charge is 0.385 e. The molecule has 0 heterocycles. The lowest BCUT2D eigenvalue weighted by Crippen LogP contribution is -2.61. The summed E-state index contributed by atoms with van der Waals surface area (Å²) < 4.78 is 0. The lowest BCUT2D eigenvalue weighted by Gasteiger charge is -2.49. The number of aliphatic hydroxyl groups is 1. The maximum atomic E-state index is 11.5. The van der Waals surface area contributed by atoms with Crippen LogP contribution in [0.4, 0.5) is 0 Å². The third-order valence-corrected chi connectivity index (χ3v) is 4.18. The van der Waals surface area contributed by atoms with E-state index in [1.807, 2.05) is 6.92 Å². The summed E-state index contributed by atoms with van der Waals surface area (Å²) in [6, 6.07) is 0. The van der Waals surface area contributed by atoms with E-state index in [1.165, 1.54) is 0 Å². The SMILES string of the molecule is C[C@]12C(=O)[C@H](O)[C@H]1[C@H]1C=C[C@@H]2C1. The van der Waals surface area contributed by atoms with Gasteiger partial charge in [-0.3, -0.25) is 4.79 Å². The van der Waals surface area contributed by atoms with Crippen LogP contribution in [0.3, 0.4) is 0 Å². The number of hydrogen-bond donors (Lipinski definition) is 1. The fraction of sp³-hybridized carbons (Fsp3) is 0.700. The van der Waals surface area contributed by atoms with E-state index in [2.05, 4.69) is 12.2 Å². The number of carbonyl (C=O) groups is 1. The van der Waals surface area contributed by atoms with E-state index in [0.29, 0.717) is 11.8 Å². The van der Waals surface area contributed by atoms with E-state index in [4.69, 9.17) is 0 Å². The van der Waals surface area contributed by atoms with E-state index in [0.717, 1.165) is 6.42 Å². The van der Waals surface area contributed by atoms with Gasteiger partial charge in [0.15, 0.2) is 5.78 Å². The van der Waals surface area contributed by atoms with Crippen molar-refractivity contribution in [1.82, 2.24) is 0 Å². The average molecular weight is 164 g/mol. The van der Waals surface area contributed by atoms with Crippen LogP contribution in [-0.4, -0.2) is 17.0 Å². The number of Topliss-reactive ketones (excluding diaryl/α,β-unsaturated/α-hetero) is 1. The lowest BCUT2D eigenvalue weighted by molar-refractivity contribution is -0.168. The molecule has 0 aromatic heterocycles. The van der Waals surface area contributed by atoms with E-state index in [9.17, 15) is 9.90 Å². The number of rotatable bonds is 0. The van der Waals surface area contributed by atoms with Crippen molar-refractivity contribution in [3.63, 3.8) is 0 Å². The number of allylic oxidation sites excluding steroid dienone is 2. The molecule has 0 radical (unpaired) electrons. The first-order valence-electron chi connectivity index (χ1n) is 4.56. The highest BCUT2D eigenvalue weighted by Gasteiger charge is 2.68. The Morgan fingerprint density at radius 2 is 2.33 bits per heavy atom. The summed E-state index contributed by atoms with van der Waals surface area (Å²) in [5, 5.41) is 9.49. The Morgan fingerprint density at radius 1 is 1.58 bits per heavy atom. The molecule has 2 nitrogen and oxygen atoms in total. The fourth-order valence-electron chi connectivity index (χ4n) is 3.42. The van der Waals surface area contributed by atoms with E-state index >= 15 is 0 Å². The van der Waals surface area contributed by atoms with Crippen LogP contribution < -0.4 is 0 Å². The predicted molar refractivity (Wildman–Crippen MR) is 43.3 cm³/mol. The lowest BCUT2D eigenvalue weighted by atomic mass is 9.54. The van der Waals surface area contributed by atoms with Gasteiger partial charge in [0.05, 0.1) is 0 Å². The monoisotopic (exact) mass is 164 g/mol. The number of fused-ring (bicyclic) bond motifs is 5. The molecule has 1 N–H and O–H groups in total.